The highest BCUT2D eigenvalue weighted by molar-refractivity contribution is 6.31. The SMILES string of the molecule is Cc1nc(C)c(-c2ccc(-c3ccc(CN4CCC(C(F)(F)F)CC4)cc3)nc2)cc1Cl. The third kappa shape index (κ3) is 5.13. The highest BCUT2D eigenvalue weighted by Gasteiger charge is 2.40. The second-order valence-corrected chi connectivity index (χ2v) is 8.82. The number of alkyl halides is 3. The Labute approximate surface area is 191 Å². The third-order valence-corrected chi connectivity index (χ3v) is 6.51. The fourth-order valence-electron chi connectivity index (χ4n) is 4.17. The van der Waals surface area contributed by atoms with E-state index < -0.39 is 12.1 Å². The van der Waals surface area contributed by atoms with Crippen molar-refractivity contribution in [2.24, 2.45) is 5.92 Å². The second-order valence-electron chi connectivity index (χ2n) is 8.41. The molecule has 1 aromatic carbocycles. The topological polar surface area (TPSA) is 29.0 Å². The van der Waals surface area contributed by atoms with E-state index in [-0.39, 0.29) is 12.8 Å². The molecule has 7 heteroatoms. The van der Waals surface area contributed by atoms with Crippen LogP contribution in [0.3, 0.4) is 0 Å². The smallest absolute Gasteiger partial charge is 0.299 e. The average Bonchev–Trinajstić information content (AvgIpc) is 2.77. The van der Waals surface area contributed by atoms with E-state index in [1.807, 2.05) is 62.5 Å². The first kappa shape index (κ1) is 22.7. The lowest BCUT2D eigenvalue weighted by molar-refractivity contribution is -0.185. The van der Waals surface area contributed by atoms with E-state index in [0.29, 0.717) is 24.7 Å². The fourth-order valence-corrected chi connectivity index (χ4v) is 4.33. The van der Waals surface area contributed by atoms with E-state index in [4.69, 9.17) is 11.6 Å². The van der Waals surface area contributed by atoms with Gasteiger partial charge in [0.2, 0.25) is 0 Å². The Morgan fingerprint density at radius 2 is 1.62 bits per heavy atom. The summed E-state index contributed by atoms with van der Waals surface area (Å²) in [6.45, 7) is 5.46. The van der Waals surface area contributed by atoms with Crippen LogP contribution < -0.4 is 0 Å². The minimum Gasteiger partial charge on any atom is -0.299 e. The van der Waals surface area contributed by atoms with Gasteiger partial charge >= 0.3 is 6.18 Å². The second kappa shape index (κ2) is 9.20. The molecular weight excluding hydrogens is 435 g/mol. The number of aryl methyl sites for hydroxylation is 2. The Kier molecular flexibility index (Phi) is 6.54. The number of hydrogen-bond donors (Lipinski definition) is 0. The van der Waals surface area contributed by atoms with Crippen LogP contribution >= 0.6 is 11.6 Å². The van der Waals surface area contributed by atoms with Gasteiger partial charge in [-0.05, 0) is 57.5 Å². The van der Waals surface area contributed by atoms with Gasteiger partial charge in [-0.3, -0.25) is 14.9 Å². The van der Waals surface area contributed by atoms with Gasteiger partial charge < -0.3 is 0 Å². The highest BCUT2D eigenvalue weighted by Crippen LogP contribution is 2.34. The Morgan fingerprint density at radius 3 is 2.22 bits per heavy atom. The number of nitrogens with zero attached hydrogens (tertiary/aromatic N) is 3. The van der Waals surface area contributed by atoms with E-state index in [1.54, 1.807) is 0 Å². The van der Waals surface area contributed by atoms with Crippen LogP contribution in [0.5, 0.6) is 0 Å². The molecule has 3 nitrogen and oxygen atoms in total. The molecule has 0 amide bonds. The van der Waals surface area contributed by atoms with Gasteiger partial charge in [0.15, 0.2) is 0 Å². The molecule has 32 heavy (non-hydrogen) atoms. The van der Waals surface area contributed by atoms with E-state index in [0.717, 1.165) is 39.3 Å². The van der Waals surface area contributed by atoms with Gasteiger partial charge in [0.1, 0.15) is 0 Å². The molecule has 1 aliphatic heterocycles. The summed E-state index contributed by atoms with van der Waals surface area (Å²) in [7, 11) is 0. The van der Waals surface area contributed by atoms with Crippen LogP contribution in [-0.2, 0) is 6.54 Å². The third-order valence-electron chi connectivity index (χ3n) is 6.12. The van der Waals surface area contributed by atoms with Gasteiger partial charge in [0.05, 0.1) is 22.3 Å². The predicted octanol–water partition coefficient (Wildman–Crippen LogP) is 6.86. The van der Waals surface area contributed by atoms with Crippen LogP contribution in [-0.4, -0.2) is 34.1 Å². The first-order valence-electron chi connectivity index (χ1n) is 10.7. The van der Waals surface area contributed by atoms with Crippen LogP contribution in [0.4, 0.5) is 13.2 Å². The molecule has 0 atom stereocenters. The number of piperidine rings is 1. The van der Waals surface area contributed by atoms with E-state index in [2.05, 4.69) is 14.9 Å². The van der Waals surface area contributed by atoms with Crippen LogP contribution in [0.1, 0.15) is 29.8 Å². The predicted molar refractivity (Wildman–Crippen MR) is 121 cm³/mol. The zero-order valence-electron chi connectivity index (χ0n) is 18.1. The summed E-state index contributed by atoms with van der Waals surface area (Å²) in [6, 6.07) is 14.0. The van der Waals surface area contributed by atoms with Gasteiger partial charge in [-0.25, -0.2) is 0 Å². The maximum absolute atomic E-state index is 12.8. The summed E-state index contributed by atoms with van der Waals surface area (Å²) < 4.78 is 38.5. The minimum absolute atomic E-state index is 0.180. The van der Waals surface area contributed by atoms with Crippen molar-refractivity contribution >= 4 is 11.6 Å². The maximum atomic E-state index is 12.8. The first-order valence-corrected chi connectivity index (χ1v) is 11.1. The molecule has 1 aliphatic rings. The number of aromatic nitrogens is 2. The lowest BCUT2D eigenvalue weighted by atomic mass is 9.96. The number of rotatable bonds is 4. The zero-order chi connectivity index (χ0) is 22.9. The van der Waals surface area contributed by atoms with Crippen molar-refractivity contribution in [2.75, 3.05) is 13.1 Å². The molecule has 3 heterocycles. The fraction of sp³-hybridized carbons (Fsp3) is 0.360. The van der Waals surface area contributed by atoms with Gasteiger partial charge in [0.25, 0.3) is 0 Å². The quantitative estimate of drug-likeness (QED) is 0.427. The number of halogens is 4. The number of likely N-dealkylation sites (tertiary alicyclic amines) is 1. The minimum atomic E-state index is -4.07. The van der Waals surface area contributed by atoms with Crippen LogP contribution in [0, 0.1) is 19.8 Å². The molecule has 0 bridgehead atoms. The number of pyridine rings is 2. The monoisotopic (exact) mass is 459 g/mol. The van der Waals surface area contributed by atoms with E-state index in [1.165, 1.54) is 0 Å². The maximum Gasteiger partial charge on any atom is 0.391 e. The molecule has 0 radical (unpaired) electrons. The normalized spacial score (nSPS) is 15.8. The lowest BCUT2D eigenvalue weighted by Gasteiger charge is -2.32. The van der Waals surface area contributed by atoms with Crippen molar-refractivity contribution in [3.8, 4) is 22.4 Å². The molecule has 0 aliphatic carbocycles. The first-order chi connectivity index (χ1) is 15.2. The van der Waals surface area contributed by atoms with Crippen molar-refractivity contribution < 1.29 is 13.2 Å². The molecule has 0 saturated carbocycles. The number of hydrogen-bond acceptors (Lipinski definition) is 3. The van der Waals surface area contributed by atoms with Crippen LogP contribution in [0.15, 0.2) is 48.7 Å². The molecule has 2 aromatic heterocycles. The van der Waals surface area contributed by atoms with E-state index in [9.17, 15) is 13.2 Å². The van der Waals surface area contributed by atoms with Gasteiger partial charge in [-0.15, -0.1) is 0 Å². The Hall–Kier alpha value is -2.44. The van der Waals surface area contributed by atoms with Crippen LogP contribution in [0.2, 0.25) is 5.02 Å². The van der Waals surface area contributed by atoms with Crippen molar-refractivity contribution in [1.29, 1.82) is 0 Å². The number of benzene rings is 1. The summed E-state index contributed by atoms with van der Waals surface area (Å²) in [4.78, 5) is 11.2. The Bertz CT molecular complexity index is 1070. The molecule has 1 saturated heterocycles. The van der Waals surface area contributed by atoms with E-state index >= 15 is 0 Å². The highest BCUT2D eigenvalue weighted by atomic mass is 35.5. The van der Waals surface area contributed by atoms with Gasteiger partial charge in [-0.1, -0.05) is 41.9 Å². The molecular formula is C25H25ClF3N3. The molecule has 4 rings (SSSR count). The summed E-state index contributed by atoms with van der Waals surface area (Å²) in [5.74, 6) is -1.16. The standard InChI is InChI=1S/C25H25ClF3N3/c1-16-22(13-23(26)17(2)31-16)20-7-8-24(30-14-20)19-5-3-18(4-6-19)15-32-11-9-21(10-12-32)25(27,28)29/h3-8,13-14,21H,9-12,15H2,1-2H3. The van der Waals surface area contributed by atoms with Crippen molar-refractivity contribution in [2.45, 2.75) is 39.4 Å². The lowest BCUT2D eigenvalue weighted by Crippen LogP contribution is -2.38. The van der Waals surface area contributed by atoms with Gasteiger partial charge in [-0.2, -0.15) is 13.2 Å². The largest absolute Gasteiger partial charge is 0.391 e. The summed E-state index contributed by atoms with van der Waals surface area (Å²) in [5, 5.41) is 0.632. The molecule has 0 unspecified atom stereocenters. The summed E-state index contributed by atoms with van der Waals surface area (Å²) in [6.07, 6.45) is -1.89. The Balaban J connectivity index is 1.41. The molecule has 0 N–H and O–H groups in total. The molecule has 0 spiro atoms. The Morgan fingerprint density at radius 1 is 0.969 bits per heavy atom. The van der Waals surface area contributed by atoms with Crippen LogP contribution in [0.25, 0.3) is 22.4 Å². The molecule has 168 valence electrons. The van der Waals surface area contributed by atoms with Crippen molar-refractivity contribution in [3.05, 3.63) is 70.6 Å². The van der Waals surface area contributed by atoms with Crippen molar-refractivity contribution in [1.82, 2.24) is 14.9 Å². The van der Waals surface area contributed by atoms with Gasteiger partial charge in [0, 0.05) is 35.1 Å². The zero-order valence-corrected chi connectivity index (χ0v) is 18.8. The summed E-state index contributed by atoms with van der Waals surface area (Å²) in [5.41, 5.74) is 6.58. The van der Waals surface area contributed by atoms with Crippen molar-refractivity contribution in [3.63, 3.8) is 0 Å². The average molecular weight is 460 g/mol. The molecule has 1 fully saturated rings. The summed E-state index contributed by atoms with van der Waals surface area (Å²) >= 11 is 6.24. The molecule has 3 aromatic rings.